The van der Waals surface area contributed by atoms with Crippen molar-refractivity contribution in [3.05, 3.63) is 52.1 Å². The number of hydrogen-bond acceptors (Lipinski definition) is 4. The molecule has 6 nitrogen and oxygen atoms in total. The number of halogens is 3. The molecule has 0 saturated carbocycles. The zero-order chi connectivity index (χ0) is 15.5. The lowest BCUT2D eigenvalue weighted by atomic mass is 10.1. The zero-order valence-corrected chi connectivity index (χ0v) is 10.6. The Bertz CT molecular complexity index is 626. The third-order valence-corrected chi connectivity index (χ3v) is 2.78. The summed E-state index contributed by atoms with van der Waals surface area (Å²) in [6.45, 7) is 0.239. The van der Waals surface area contributed by atoms with Gasteiger partial charge in [-0.2, -0.15) is 13.2 Å². The topological polar surface area (TPSA) is 83.8 Å². The Morgan fingerprint density at radius 3 is 2.71 bits per heavy atom. The molecule has 0 fully saturated rings. The van der Waals surface area contributed by atoms with E-state index in [1.54, 1.807) is 6.20 Å². The first-order valence-electron chi connectivity index (χ1n) is 5.94. The van der Waals surface area contributed by atoms with Gasteiger partial charge in [-0.1, -0.05) is 0 Å². The SMILES string of the molecule is O=[N+]([O-])c1ccc(NCCc2cnc[nH]2)c(C(F)(F)F)c1. The predicted octanol–water partition coefficient (Wildman–Crippen LogP) is 2.99. The van der Waals surface area contributed by atoms with Gasteiger partial charge in [0.05, 0.1) is 16.8 Å². The molecule has 2 rings (SSSR count). The minimum absolute atomic E-state index is 0.187. The first-order valence-corrected chi connectivity index (χ1v) is 5.94. The monoisotopic (exact) mass is 300 g/mol. The second-order valence-electron chi connectivity index (χ2n) is 4.24. The van der Waals surface area contributed by atoms with E-state index in [1.165, 1.54) is 6.33 Å². The van der Waals surface area contributed by atoms with Gasteiger partial charge in [0.25, 0.3) is 5.69 Å². The van der Waals surface area contributed by atoms with Crippen molar-refractivity contribution in [2.75, 3.05) is 11.9 Å². The molecule has 9 heteroatoms. The van der Waals surface area contributed by atoms with Crippen molar-refractivity contribution >= 4 is 11.4 Å². The van der Waals surface area contributed by atoms with Gasteiger partial charge in [-0.05, 0) is 6.07 Å². The van der Waals surface area contributed by atoms with Crippen LogP contribution in [-0.2, 0) is 12.6 Å². The lowest BCUT2D eigenvalue weighted by Gasteiger charge is -2.14. The summed E-state index contributed by atoms with van der Waals surface area (Å²) in [6, 6.07) is 2.63. The number of benzene rings is 1. The molecule has 1 aromatic carbocycles. The molecule has 0 aliphatic carbocycles. The largest absolute Gasteiger partial charge is 0.418 e. The van der Waals surface area contributed by atoms with Gasteiger partial charge in [0, 0.05) is 42.7 Å². The van der Waals surface area contributed by atoms with Gasteiger partial charge in [0.2, 0.25) is 0 Å². The van der Waals surface area contributed by atoms with E-state index in [-0.39, 0.29) is 12.2 Å². The maximum absolute atomic E-state index is 12.9. The van der Waals surface area contributed by atoms with E-state index < -0.39 is 22.4 Å². The molecule has 0 aliphatic rings. The summed E-state index contributed by atoms with van der Waals surface area (Å²) in [7, 11) is 0. The molecule has 0 saturated heterocycles. The molecule has 1 aromatic heterocycles. The van der Waals surface area contributed by atoms with Gasteiger partial charge in [-0.25, -0.2) is 4.98 Å². The lowest BCUT2D eigenvalue weighted by Crippen LogP contribution is -2.13. The number of hydrogen-bond donors (Lipinski definition) is 2. The predicted molar refractivity (Wildman–Crippen MR) is 68.9 cm³/mol. The van der Waals surface area contributed by atoms with Crippen LogP contribution in [0.1, 0.15) is 11.3 Å². The summed E-state index contributed by atoms with van der Waals surface area (Å²) in [5.74, 6) is 0. The minimum Gasteiger partial charge on any atom is -0.384 e. The quantitative estimate of drug-likeness (QED) is 0.656. The third-order valence-electron chi connectivity index (χ3n) is 2.78. The number of aromatic nitrogens is 2. The average Bonchev–Trinajstić information content (AvgIpc) is 2.90. The number of nitrogens with one attached hydrogen (secondary N) is 2. The molecule has 0 unspecified atom stereocenters. The van der Waals surface area contributed by atoms with E-state index in [2.05, 4.69) is 15.3 Å². The van der Waals surface area contributed by atoms with Gasteiger partial charge < -0.3 is 10.3 Å². The molecule has 21 heavy (non-hydrogen) atoms. The highest BCUT2D eigenvalue weighted by Crippen LogP contribution is 2.36. The second kappa shape index (κ2) is 5.81. The third kappa shape index (κ3) is 3.71. The van der Waals surface area contributed by atoms with Crippen LogP contribution < -0.4 is 5.32 Å². The van der Waals surface area contributed by atoms with Gasteiger partial charge >= 0.3 is 6.18 Å². The highest BCUT2D eigenvalue weighted by atomic mass is 19.4. The van der Waals surface area contributed by atoms with Crippen LogP contribution in [0.4, 0.5) is 24.5 Å². The van der Waals surface area contributed by atoms with Crippen LogP contribution in [0.2, 0.25) is 0 Å². The zero-order valence-electron chi connectivity index (χ0n) is 10.6. The number of aromatic amines is 1. The number of H-pyrrole nitrogens is 1. The van der Waals surface area contributed by atoms with Gasteiger partial charge in [0.15, 0.2) is 0 Å². The van der Waals surface area contributed by atoms with Crippen LogP contribution in [0, 0.1) is 10.1 Å². The number of non-ortho nitro benzene ring substituents is 1. The Balaban J connectivity index is 2.16. The first kappa shape index (κ1) is 14.8. The van der Waals surface area contributed by atoms with Crippen molar-refractivity contribution in [3.8, 4) is 0 Å². The number of nitro benzene ring substituents is 1. The fourth-order valence-electron chi connectivity index (χ4n) is 1.79. The maximum Gasteiger partial charge on any atom is 0.418 e. The molecule has 0 spiro atoms. The Labute approximate surface area is 117 Å². The normalized spacial score (nSPS) is 11.4. The van der Waals surface area contributed by atoms with Crippen LogP contribution >= 0.6 is 0 Å². The highest BCUT2D eigenvalue weighted by Gasteiger charge is 2.35. The van der Waals surface area contributed by atoms with Crippen molar-refractivity contribution in [3.63, 3.8) is 0 Å². The molecule has 1 heterocycles. The molecule has 0 aliphatic heterocycles. The number of alkyl halides is 3. The summed E-state index contributed by atoms with van der Waals surface area (Å²) in [5.41, 5.74) is -1.06. The summed E-state index contributed by atoms with van der Waals surface area (Å²) in [4.78, 5) is 16.3. The Morgan fingerprint density at radius 2 is 2.14 bits per heavy atom. The first-order chi connectivity index (χ1) is 9.88. The van der Waals surface area contributed by atoms with E-state index in [4.69, 9.17) is 0 Å². The number of nitro groups is 1. The summed E-state index contributed by atoms with van der Waals surface area (Å²) < 4.78 is 38.7. The van der Waals surface area contributed by atoms with Gasteiger partial charge in [0.1, 0.15) is 0 Å². The van der Waals surface area contributed by atoms with E-state index in [0.29, 0.717) is 12.5 Å². The number of imidazole rings is 1. The number of anilines is 1. The standard InChI is InChI=1S/C12H11F3N4O2/c13-12(14,15)10-5-9(19(20)21)1-2-11(10)17-4-3-8-6-16-7-18-8/h1-2,5-7,17H,3-4H2,(H,16,18). The van der Waals surface area contributed by atoms with E-state index >= 15 is 0 Å². The fraction of sp³-hybridized carbons (Fsp3) is 0.250. The molecule has 0 atom stereocenters. The van der Waals surface area contributed by atoms with Crippen molar-refractivity contribution in [1.82, 2.24) is 9.97 Å². The fourth-order valence-corrected chi connectivity index (χ4v) is 1.79. The molecular formula is C12H11F3N4O2. The average molecular weight is 300 g/mol. The number of rotatable bonds is 5. The van der Waals surface area contributed by atoms with Crippen LogP contribution in [0.5, 0.6) is 0 Å². The molecule has 0 radical (unpaired) electrons. The molecule has 2 N–H and O–H groups in total. The second-order valence-corrected chi connectivity index (χ2v) is 4.24. The van der Waals surface area contributed by atoms with Crippen molar-refractivity contribution in [1.29, 1.82) is 0 Å². The summed E-state index contributed by atoms with van der Waals surface area (Å²) >= 11 is 0. The van der Waals surface area contributed by atoms with Gasteiger partial charge in [-0.15, -0.1) is 0 Å². The van der Waals surface area contributed by atoms with Crippen LogP contribution in [0.15, 0.2) is 30.7 Å². The highest BCUT2D eigenvalue weighted by molar-refractivity contribution is 5.57. The van der Waals surface area contributed by atoms with Crippen molar-refractivity contribution in [2.45, 2.75) is 12.6 Å². The van der Waals surface area contributed by atoms with Crippen molar-refractivity contribution < 1.29 is 18.1 Å². The summed E-state index contributed by atoms with van der Waals surface area (Å²) in [6.07, 6.45) is -1.17. The van der Waals surface area contributed by atoms with Gasteiger partial charge in [-0.3, -0.25) is 10.1 Å². The minimum atomic E-state index is -4.66. The van der Waals surface area contributed by atoms with E-state index in [9.17, 15) is 23.3 Å². The summed E-state index contributed by atoms with van der Waals surface area (Å²) in [5, 5.41) is 13.2. The van der Waals surface area contributed by atoms with Crippen LogP contribution in [0.25, 0.3) is 0 Å². The lowest BCUT2D eigenvalue weighted by molar-refractivity contribution is -0.385. The molecule has 112 valence electrons. The smallest absolute Gasteiger partial charge is 0.384 e. The Morgan fingerprint density at radius 1 is 1.38 bits per heavy atom. The van der Waals surface area contributed by atoms with E-state index in [1.807, 2.05) is 0 Å². The van der Waals surface area contributed by atoms with Crippen molar-refractivity contribution in [2.24, 2.45) is 0 Å². The Hall–Kier alpha value is -2.58. The van der Waals surface area contributed by atoms with Crippen LogP contribution in [-0.4, -0.2) is 21.4 Å². The van der Waals surface area contributed by atoms with E-state index in [0.717, 1.165) is 17.8 Å². The molecule has 0 amide bonds. The maximum atomic E-state index is 12.9. The molecule has 2 aromatic rings. The number of nitrogens with zero attached hydrogens (tertiary/aromatic N) is 2. The Kier molecular flexibility index (Phi) is 4.10. The molecular weight excluding hydrogens is 289 g/mol. The molecule has 0 bridgehead atoms. The van der Waals surface area contributed by atoms with Crippen LogP contribution in [0.3, 0.4) is 0 Å².